The first-order chi connectivity index (χ1) is 14.7. The van der Waals surface area contributed by atoms with Gasteiger partial charge in [0.1, 0.15) is 5.75 Å². The largest absolute Gasteiger partial charge is 0.497 e. The molecule has 30 heavy (non-hydrogen) atoms. The predicted octanol–water partition coefficient (Wildman–Crippen LogP) is 3.71. The Morgan fingerprint density at radius 3 is 2.80 bits per heavy atom. The number of rotatable bonds is 6. The third-order valence-corrected chi connectivity index (χ3v) is 5.66. The lowest BCUT2D eigenvalue weighted by molar-refractivity contribution is -0.127. The van der Waals surface area contributed by atoms with Gasteiger partial charge in [-0.1, -0.05) is 24.3 Å². The number of nitrogens with zero attached hydrogens (tertiary/aromatic N) is 3. The summed E-state index contributed by atoms with van der Waals surface area (Å²) < 4.78 is 7.67. The summed E-state index contributed by atoms with van der Waals surface area (Å²) in [6.45, 7) is 2.21. The molecule has 1 saturated heterocycles. The second-order valence-corrected chi connectivity index (χ2v) is 7.47. The van der Waals surface area contributed by atoms with Gasteiger partial charge in [-0.2, -0.15) is 0 Å². The first-order valence-corrected chi connectivity index (χ1v) is 10.4. The van der Waals surface area contributed by atoms with Gasteiger partial charge in [0.2, 0.25) is 5.91 Å². The second kappa shape index (κ2) is 10.6. The van der Waals surface area contributed by atoms with Crippen LogP contribution in [0.1, 0.15) is 43.7 Å². The fourth-order valence-electron chi connectivity index (χ4n) is 4.20. The molecule has 7 nitrogen and oxygen atoms in total. The number of likely N-dealkylation sites (tertiary alicyclic amines) is 1. The maximum atomic E-state index is 12.0. The summed E-state index contributed by atoms with van der Waals surface area (Å²) >= 11 is 0. The standard InChI is InChI=1S/C22H27N3O2.CH2O2/c1-27-19-10-5-9-18(15-19)21-22(17-7-3-2-4-8-17)25(16-23-21)14-13-24-12-6-11-20(24)26;2-1-3/h2-3,5,9-10,15-17H,4,6-8,11-14H2,1H3;1H,(H,2,3). The number of carbonyl (C=O) groups is 2. The van der Waals surface area contributed by atoms with Gasteiger partial charge in [0.25, 0.3) is 6.47 Å². The van der Waals surface area contributed by atoms with Crippen LogP contribution in [0.3, 0.4) is 0 Å². The number of allylic oxidation sites excluding steroid dienone is 2. The smallest absolute Gasteiger partial charge is 0.290 e. The Labute approximate surface area is 177 Å². The molecule has 1 N–H and O–H groups in total. The fraction of sp³-hybridized carbons (Fsp3) is 0.435. The number of imidazole rings is 1. The molecule has 0 saturated carbocycles. The summed E-state index contributed by atoms with van der Waals surface area (Å²) in [5.74, 6) is 1.59. The Bertz CT molecular complexity index is 890. The lowest BCUT2D eigenvalue weighted by Gasteiger charge is -2.23. The number of benzene rings is 1. The van der Waals surface area contributed by atoms with Crippen LogP contribution < -0.4 is 4.74 Å². The number of aromatic nitrogens is 2. The van der Waals surface area contributed by atoms with Gasteiger partial charge in [-0.15, -0.1) is 0 Å². The third kappa shape index (κ3) is 5.09. The Kier molecular flexibility index (Phi) is 7.65. The van der Waals surface area contributed by atoms with Gasteiger partial charge >= 0.3 is 0 Å². The van der Waals surface area contributed by atoms with Gasteiger partial charge in [-0.3, -0.25) is 9.59 Å². The zero-order valence-electron chi connectivity index (χ0n) is 17.4. The summed E-state index contributed by atoms with van der Waals surface area (Å²) in [5, 5.41) is 6.89. The van der Waals surface area contributed by atoms with Gasteiger partial charge in [-0.05, 0) is 37.8 Å². The summed E-state index contributed by atoms with van der Waals surface area (Å²) in [7, 11) is 1.69. The zero-order valence-corrected chi connectivity index (χ0v) is 17.4. The quantitative estimate of drug-likeness (QED) is 0.579. The Morgan fingerprint density at radius 2 is 2.13 bits per heavy atom. The number of methoxy groups -OCH3 is 1. The van der Waals surface area contributed by atoms with E-state index in [-0.39, 0.29) is 12.4 Å². The maximum absolute atomic E-state index is 12.0. The molecule has 1 atom stereocenters. The number of hydrogen-bond acceptors (Lipinski definition) is 4. The molecule has 1 fully saturated rings. The Balaban J connectivity index is 0.000000806. The molecule has 1 aromatic carbocycles. The SMILES string of the molecule is COc1cccc(-c2ncn(CCN3CCCC3=O)c2C2CC=CCC2)c1.O=CO. The van der Waals surface area contributed by atoms with E-state index in [9.17, 15) is 4.79 Å². The van der Waals surface area contributed by atoms with Crippen molar-refractivity contribution in [2.75, 3.05) is 20.2 Å². The molecular weight excluding hydrogens is 382 g/mol. The molecule has 160 valence electrons. The van der Waals surface area contributed by atoms with E-state index < -0.39 is 0 Å². The Hall–Kier alpha value is -3.09. The van der Waals surface area contributed by atoms with Crippen LogP contribution in [0.2, 0.25) is 0 Å². The molecule has 2 aromatic rings. The van der Waals surface area contributed by atoms with Crippen molar-refractivity contribution in [3.05, 3.63) is 48.4 Å². The van der Waals surface area contributed by atoms with Crippen LogP contribution in [0.5, 0.6) is 5.75 Å². The molecular formula is C23H29N3O4. The van der Waals surface area contributed by atoms with Crippen molar-refractivity contribution in [1.29, 1.82) is 0 Å². The van der Waals surface area contributed by atoms with E-state index in [1.165, 1.54) is 5.69 Å². The number of carboxylic acid groups (broad SMARTS) is 1. The van der Waals surface area contributed by atoms with E-state index in [2.05, 4.69) is 28.9 Å². The minimum atomic E-state index is -0.250. The van der Waals surface area contributed by atoms with Gasteiger partial charge in [-0.25, -0.2) is 4.98 Å². The van der Waals surface area contributed by atoms with E-state index in [4.69, 9.17) is 19.6 Å². The first kappa shape index (κ1) is 21.6. The van der Waals surface area contributed by atoms with E-state index in [1.54, 1.807) is 7.11 Å². The van der Waals surface area contributed by atoms with Gasteiger partial charge in [0, 0.05) is 43.2 Å². The monoisotopic (exact) mass is 411 g/mol. The van der Waals surface area contributed by atoms with Crippen molar-refractivity contribution in [2.24, 2.45) is 0 Å². The van der Waals surface area contributed by atoms with Crippen LogP contribution in [-0.2, 0) is 16.1 Å². The van der Waals surface area contributed by atoms with Gasteiger partial charge in [0.15, 0.2) is 0 Å². The van der Waals surface area contributed by atoms with E-state index >= 15 is 0 Å². The van der Waals surface area contributed by atoms with Gasteiger partial charge < -0.3 is 19.3 Å². The molecule has 0 bridgehead atoms. The molecule has 2 heterocycles. The lowest BCUT2D eigenvalue weighted by Crippen LogP contribution is -2.29. The average Bonchev–Trinajstić information content (AvgIpc) is 3.39. The maximum Gasteiger partial charge on any atom is 0.290 e. The summed E-state index contributed by atoms with van der Waals surface area (Å²) in [5.41, 5.74) is 3.43. The van der Waals surface area contributed by atoms with Crippen LogP contribution in [-0.4, -0.2) is 52.1 Å². The van der Waals surface area contributed by atoms with Gasteiger partial charge in [0.05, 0.1) is 19.1 Å². The minimum absolute atomic E-state index is 0.250. The predicted molar refractivity (Wildman–Crippen MR) is 114 cm³/mol. The molecule has 0 spiro atoms. The summed E-state index contributed by atoms with van der Waals surface area (Å²) in [4.78, 5) is 27.1. The van der Waals surface area contributed by atoms with E-state index in [0.717, 1.165) is 62.3 Å². The minimum Gasteiger partial charge on any atom is -0.497 e. The average molecular weight is 412 g/mol. The van der Waals surface area contributed by atoms with Crippen LogP contribution in [0.4, 0.5) is 0 Å². The molecule has 1 amide bonds. The number of hydrogen-bond donors (Lipinski definition) is 1. The fourth-order valence-corrected chi connectivity index (χ4v) is 4.20. The van der Waals surface area contributed by atoms with Crippen molar-refractivity contribution in [3.8, 4) is 17.0 Å². The van der Waals surface area contributed by atoms with Crippen molar-refractivity contribution in [3.63, 3.8) is 0 Å². The molecule has 2 aliphatic rings. The number of ether oxygens (including phenoxy) is 1. The van der Waals surface area contributed by atoms with Crippen molar-refractivity contribution >= 4 is 12.4 Å². The molecule has 7 heteroatoms. The molecule has 0 radical (unpaired) electrons. The lowest BCUT2D eigenvalue weighted by atomic mass is 9.89. The Morgan fingerprint density at radius 1 is 1.30 bits per heavy atom. The highest BCUT2D eigenvalue weighted by molar-refractivity contribution is 5.78. The first-order valence-electron chi connectivity index (χ1n) is 10.4. The molecule has 1 unspecified atom stereocenters. The van der Waals surface area contributed by atoms with Crippen LogP contribution >= 0.6 is 0 Å². The highest BCUT2D eigenvalue weighted by atomic mass is 16.5. The highest BCUT2D eigenvalue weighted by Gasteiger charge is 2.24. The molecule has 1 aromatic heterocycles. The molecule has 1 aliphatic carbocycles. The van der Waals surface area contributed by atoms with Crippen LogP contribution in [0.25, 0.3) is 11.3 Å². The van der Waals surface area contributed by atoms with Crippen molar-refractivity contribution in [1.82, 2.24) is 14.5 Å². The highest BCUT2D eigenvalue weighted by Crippen LogP contribution is 2.36. The van der Waals surface area contributed by atoms with Crippen molar-refractivity contribution in [2.45, 2.75) is 44.6 Å². The van der Waals surface area contributed by atoms with Crippen LogP contribution in [0.15, 0.2) is 42.7 Å². The number of carbonyl (C=O) groups excluding carboxylic acids is 1. The number of amides is 1. The van der Waals surface area contributed by atoms with Crippen molar-refractivity contribution < 1.29 is 19.4 Å². The van der Waals surface area contributed by atoms with E-state index in [1.807, 2.05) is 23.4 Å². The second-order valence-electron chi connectivity index (χ2n) is 7.47. The van der Waals surface area contributed by atoms with E-state index in [0.29, 0.717) is 12.3 Å². The third-order valence-electron chi connectivity index (χ3n) is 5.66. The zero-order chi connectivity index (χ0) is 21.3. The normalized spacial score (nSPS) is 18.1. The summed E-state index contributed by atoms with van der Waals surface area (Å²) in [6, 6.07) is 8.13. The van der Waals surface area contributed by atoms with Crippen LogP contribution in [0, 0.1) is 0 Å². The topological polar surface area (TPSA) is 84.7 Å². The molecule has 4 rings (SSSR count). The molecule has 1 aliphatic heterocycles. The summed E-state index contributed by atoms with van der Waals surface area (Å²) in [6.07, 6.45) is 11.5.